The molecule has 1 aromatic rings. The molecule has 0 spiro atoms. The SMILES string of the molecule is CN(Cc1cccc(C#N)c1)C(=O)CCC(=O)O. The molecule has 94 valence electrons. The third-order valence-corrected chi connectivity index (χ3v) is 2.45. The first-order chi connectivity index (χ1) is 8.52. The molecule has 0 bridgehead atoms. The first-order valence-corrected chi connectivity index (χ1v) is 5.47. The predicted octanol–water partition coefficient (Wildman–Crippen LogP) is 1.38. The van der Waals surface area contributed by atoms with Gasteiger partial charge in [-0.3, -0.25) is 9.59 Å². The minimum Gasteiger partial charge on any atom is -0.481 e. The second-order valence-electron chi connectivity index (χ2n) is 3.96. The largest absolute Gasteiger partial charge is 0.481 e. The molecule has 5 nitrogen and oxygen atoms in total. The second-order valence-corrected chi connectivity index (χ2v) is 3.96. The molecule has 0 radical (unpaired) electrons. The van der Waals surface area contributed by atoms with Gasteiger partial charge in [-0.15, -0.1) is 0 Å². The highest BCUT2D eigenvalue weighted by molar-refractivity contribution is 5.80. The topological polar surface area (TPSA) is 81.4 Å². The van der Waals surface area contributed by atoms with Crippen LogP contribution in [-0.4, -0.2) is 28.9 Å². The average molecular weight is 246 g/mol. The molecule has 1 aromatic carbocycles. The highest BCUT2D eigenvalue weighted by atomic mass is 16.4. The second kappa shape index (κ2) is 6.40. The minimum absolute atomic E-state index is 0.0101. The Labute approximate surface area is 105 Å². The first-order valence-electron chi connectivity index (χ1n) is 5.47. The highest BCUT2D eigenvalue weighted by Gasteiger charge is 2.11. The van der Waals surface area contributed by atoms with Crippen LogP contribution in [0.5, 0.6) is 0 Å². The number of amides is 1. The molecular weight excluding hydrogens is 232 g/mol. The summed E-state index contributed by atoms with van der Waals surface area (Å²) >= 11 is 0. The zero-order valence-electron chi connectivity index (χ0n) is 10.1. The van der Waals surface area contributed by atoms with Gasteiger partial charge in [0.2, 0.25) is 5.91 Å². The summed E-state index contributed by atoms with van der Waals surface area (Å²) in [5.41, 5.74) is 1.39. The number of hydrogen-bond donors (Lipinski definition) is 1. The number of carbonyl (C=O) groups excluding carboxylic acids is 1. The molecule has 1 rings (SSSR count). The third kappa shape index (κ3) is 4.26. The van der Waals surface area contributed by atoms with Gasteiger partial charge in [-0.1, -0.05) is 12.1 Å². The first kappa shape index (κ1) is 13.7. The van der Waals surface area contributed by atoms with Gasteiger partial charge >= 0.3 is 5.97 Å². The summed E-state index contributed by atoms with van der Waals surface area (Å²) in [7, 11) is 1.61. The van der Waals surface area contributed by atoms with E-state index in [0.717, 1.165) is 5.56 Å². The molecule has 0 aliphatic carbocycles. The van der Waals surface area contributed by atoms with Crippen LogP contribution >= 0.6 is 0 Å². The van der Waals surface area contributed by atoms with E-state index in [4.69, 9.17) is 10.4 Å². The summed E-state index contributed by atoms with van der Waals surface area (Å²) in [6.07, 6.45) is -0.175. The monoisotopic (exact) mass is 246 g/mol. The van der Waals surface area contributed by atoms with Crippen molar-refractivity contribution in [2.24, 2.45) is 0 Å². The molecule has 18 heavy (non-hydrogen) atoms. The van der Waals surface area contributed by atoms with Crippen LogP contribution in [0.4, 0.5) is 0 Å². The maximum absolute atomic E-state index is 11.6. The Balaban J connectivity index is 2.58. The number of nitrogens with zero attached hydrogens (tertiary/aromatic N) is 2. The summed E-state index contributed by atoms with van der Waals surface area (Å²) < 4.78 is 0. The van der Waals surface area contributed by atoms with Gasteiger partial charge in [0.1, 0.15) is 0 Å². The van der Waals surface area contributed by atoms with Crippen LogP contribution in [0.15, 0.2) is 24.3 Å². The summed E-state index contributed by atoms with van der Waals surface area (Å²) in [5.74, 6) is -1.21. The van der Waals surface area contributed by atoms with Gasteiger partial charge in [-0.25, -0.2) is 0 Å². The number of nitriles is 1. The van der Waals surface area contributed by atoms with Gasteiger partial charge in [0.25, 0.3) is 0 Å². The van der Waals surface area contributed by atoms with Gasteiger partial charge in [-0.2, -0.15) is 5.26 Å². The molecule has 0 unspecified atom stereocenters. The summed E-state index contributed by atoms with van der Waals surface area (Å²) in [6, 6.07) is 9.00. The molecule has 0 aromatic heterocycles. The zero-order chi connectivity index (χ0) is 13.5. The van der Waals surface area contributed by atoms with Crippen molar-refractivity contribution in [3.8, 4) is 6.07 Å². The molecule has 0 saturated carbocycles. The smallest absolute Gasteiger partial charge is 0.303 e. The van der Waals surface area contributed by atoms with E-state index in [0.29, 0.717) is 12.1 Å². The van der Waals surface area contributed by atoms with Crippen LogP contribution < -0.4 is 0 Å². The molecule has 1 amide bonds. The quantitative estimate of drug-likeness (QED) is 0.851. The number of carbonyl (C=O) groups is 2. The van der Waals surface area contributed by atoms with Gasteiger partial charge in [-0.05, 0) is 17.7 Å². The maximum Gasteiger partial charge on any atom is 0.303 e. The lowest BCUT2D eigenvalue weighted by Crippen LogP contribution is -2.26. The fraction of sp³-hybridized carbons (Fsp3) is 0.308. The Morgan fingerprint density at radius 2 is 2.11 bits per heavy atom. The normalized spacial score (nSPS) is 9.56. The highest BCUT2D eigenvalue weighted by Crippen LogP contribution is 2.08. The van der Waals surface area contributed by atoms with E-state index in [9.17, 15) is 9.59 Å². The fourth-order valence-corrected chi connectivity index (χ4v) is 1.51. The van der Waals surface area contributed by atoms with E-state index in [2.05, 4.69) is 0 Å². The van der Waals surface area contributed by atoms with Gasteiger partial charge < -0.3 is 10.0 Å². The number of carboxylic acids is 1. The van der Waals surface area contributed by atoms with Crippen molar-refractivity contribution in [1.82, 2.24) is 4.90 Å². The molecule has 0 fully saturated rings. The average Bonchev–Trinajstić information content (AvgIpc) is 2.36. The molecule has 0 aliphatic heterocycles. The van der Waals surface area contributed by atoms with Crippen LogP contribution in [0.2, 0.25) is 0 Å². The number of aliphatic carboxylic acids is 1. The van der Waals surface area contributed by atoms with Crippen LogP contribution in [0, 0.1) is 11.3 Å². The number of benzene rings is 1. The standard InChI is InChI=1S/C13H14N2O3/c1-15(12(16)5-6-13(17)18)9-11-4-2-3-10(7-11)8-14/h2-4,7H,5-6,9H2,1H3,(H,17,18). The van der Waals surface area contributed by atoms with Crippen molar-refractivity contribution in [3.63, 3.8) is 0 Å². The van der Waals surface area contributed by atoms with E-state index < -0.39 is 5.97 Å². The van der Waals surface area contributed by atoms with Crippen molar-refractivity contribution in [3.05, 3.63) is 35.4 Å². The van der Waals surface area contributed by atoms with E-state index in [1.165, 1.54) is 4.90 Å². The molecule has 5 heteroatoms. The molecular formula is C13H14N2O3. The third-order valence-electron chi connectivity index (χ3n) is 2.45. The van der Waals surface area contributed by atoms with Gasteiger partial charge in [0.05, 0.1) is 18.1 Å². The van der Waals surface area contributed by atoms with Crippen LogP contribution in [-0.2, 0) is 16.1 Å². The number of rotatable bonds is 5. The molecule has 0 heterocycles. The lowest BCUT2D eigenvalue weighted by atomic mass is 10.1. The van der Waals surface area contributed by atoms with E-state index >= 15 is 0 Å². The van der Waals surface area contributed by atoms with Crippen molar-refractivity contribution >= 4 is 11.9 Å². The molecule has 0 atom stereocenters. The van der Waals surface area contributed by atoms with Crippen molar-refractivity contribution < 1.29 is 14.7 Å². The Morgan fingerprint density at radius 3 is 2.72 bits per heavy atom. The molecule has 1 N–H and O–H groups in total. The van der Waals surface area contributed by atoms with Crippen LogP contribution in [0.1, 0.15) is 24.0 Å². The zero-order valence-corrected chi connectivity index (χ0v) is 10.1. The lowest BCUT2D eigenvalue weighted by Gasteiger charge is -2.16. The van der Waals surface area contributed by atoms with Gasteiger partial charge in [0, 0.05) is 20.0 Å². The van der Waals surface area contributed by atoms with E-state index in [-0.39, 0.29) is 18.7 Å². The van der Waals surface area contributed by atoms with Crippen LogP contribution in [0.25, 0.3) is 0 Å². The van der Waals surface area contributed by atoms with Crippen molar-refractivity contribution in [2.45, 2.75) is 19.4 Å². The summed E-state index contributed by atoms with van der Waals surface area (Å²) in [6.45, 7) is 0.369. The summed E-state index contributed by atoms with van der Waals surface area (Å²) in [4.78, 5) is 23.4. The van der Waals surface area contributed by atoms with Crippen LogP contribution in [0.3, 0.4) is 0 Å². The molecule has 0 aliphatic rings. The van der Waals surface area contributed by atoms with Crippen molar-refractivity contribution in [2.75, 3.05) is 7.05 Å². The Bertz CT molecular complexity index is 491. The fourth-order valence-electron chi connectivity index (χ4n) is 1.51. The van der Waals surface area contributed by atoms with E-state index in [1.807, 2.05) is 12.1 Å². The summed E-state index contributed by atoms with van der Waals surface area (Å²) in [5, 5.41) is 17.3. The number of hydrogen-bond acceptors (Lipinski definition) is 3. The van der Waals surface area contributed by atoms with Crippen molar-refractivity contribution in [1.29, 1.82) is 5.26 Å². The van der Waals surface area contributed by atoms with Gasteiger partial charge in [0.15, 0.2) is 0 Å². The maximum atomic E-state index is 11.6. The Morgan fingerprint density at radius 1 is 1.39 bits per heavy atom. The molecule has 0 saturated heterocycles. The van der Waals surface area contributed by atoms with E-state index in [1.54, 1.807) is 25.2 Å². The Hall–Kier alpha value is -2.35. The Kier molecular flexibility index (Phi) is 4.88. The minimum atomic E-state index is -0.983. The lowest BCUT2D eigenvalue weighted by molar-refractivity contribution is -0.140. The predicted molar refractivity (Wildman–Crippen MR) is 64.5 cm³/mol. The number of carboxylic acid groups (broad SMARTS) is 1.